The van der Waals surface area contributed by atoms with E-state index in [1.54, 1.807) is 120 Å². The van der Waals surface area contributed by atoms with Crippen molar-refractivity contribution in [3.8, 4) is 17.4 Å². The van der Waals surface area contributed by atoms with Gasteiger partial charge in [0.15, 0.2) is 22.2 Å². The van der Waals surface area contributed by atoms with Gasteiger partial charge in [0, 0.05) is 61.1 Å². The second-order valence-electron chi connectivity index (χ2n) is 15.4. The number of benzene rings is 4. The van der Waals surface area contributed by atoms with Crippen LogP contribution in [-0.4, -0.2) is 56.2 Å². The van der Waals surface area contributed by atoms with Gasteiger partial charge in [-0.25, -0.2) is 14.8 Å². The summed E-state index contributed by atoms with van der Waals surface area (Å²) < 4.78 is 87.2. The van der Waals surface area contributed by atoms with E-state index in [1.807, 2.05) is 39.8 Å². The number of rotatable bonds is 7. The Bertz CT molecular complexity index is 3290. The van der Waals surface area contributed by atoms with Gasteiger partial charge in [-0.15, -0.1) is 0 Å². The predicted octanol–water partition coefficient (Wildman–Crippen LogP) is 11.8. The van der Waals surface area contributed by atoms with Crippen LogP contribution in [0, 0.1) is 11.3 Å². The number of para-hydroxylation sites is 4. The molecule has 0 spiro atoms. The van der Waals surface area contributed by atoms with E-state index in [0.29, 0.717) is 48.3 Å². The second-order valence-corrected chi connectivity index (χ2v) is 15.4. The van der Waals surface area contributed by atoms with E-state index in [2.05, 4.69) is 20.6 Å². The van der Waals surface area contributed by atoms with E-state index in [0.717, 1.165) is 18.2 Å². The third-order valence-electron chi connectivity index (χ3n) is 10.9. The molecule has 0 bridgehead atoms. The maximum Gasteiger partial charge on any atom is 0.417 e. The van der Waals surface area contributed by atoms with Crippen LogP contribution in [-0.2, 0) is 12.4 Å². The Labute approximate surface area is 410 Å². The lowest BCUT2D eigenvalue weighted by Gasteiger charge is -2.25. The Morgan fingerprint density at radius 3 is 1.42 bits per heavy atom. The summed E-state index contributed by atoms with van der Waals surface area (Å²) in [5.41, 5.74) is 3.01. The molecule has 5 heterocycles. The van der Waals surface area contributed by atoms with Crippen molar-refractivity contribution >= 4 is 56.9 Å². The third kappa shape index (κ3) is 12.0. The van der Waals surface area contributed by atoms with E-state index >= 15 is 0 Å². The van der Waals surface area contributed by atoms with Crippen molar-refractivity contribution in [2.75, 3.05) is 41.7 Å². The number of anilines is 5. The lowest BCUT2D eigenvalue weighted by atomic mass is 10.1. The van der Waals surface area contributed by atoms with Crippen LogP contribution in [0.2, 0.25) is 0 Å². The van der Waals surface area contributed by atoms with Crippen molar-refractivity contribution in [2.45, 2.75) is 46.5 Å². The van der Waals surface area contributed by atoms with Gasteiger partial charge in [0.05, 0.1) is 21.9 Å². The zero-order valence-corrected chi connectivity index (χ0v) is 39.6. The molecule has 4 N–H and O–H groups in total. The summed E-state index contributed by atoms with van der Waals surface area (Å²) in [6.07, 6.45) is -9.12. The van der Waals surface area contributed by atoms with E-state index in [1.165, 1.54) is 14.0 Å². The number of hydrogen-bond donors (Lipinski definition) is 3. The number of nitriles is 1. The van der Waals surface area contributed by atoms with Gasteiger partial charge in [-0.2, -0.15) is 31.6 Å². The van der Waals surface area contributed by atoms with E-state index in [9.17, 15) is 46.0 Å². The Hall–Kier alpha value is -8.66. The molecule has 372 valence electrons. The van der Waals surface area contributed by atoms with Gasteiger partial charge in [0.2, 0.25) is 0 Å². The predicted molar refractivity (Wildman–Crippen MR) is 270 cm³/mol. The lowest BCUT2D eigenvalue weighted by molar-refractivity contribution is -0.137. The summed E-state index contributed by atoms with van der Waals surface area (Å²) in [6, 6.07) is 40.1. The fraction of sp³-hybridized carbons (Fsp3) is 0.208. The molecule has 9 rings (SSSR count). The molecule has 13 nitrogen and oxygen atoms in total. The average Bonchev–Trinajstić information content (AvgIpc) is 3.65. The number of halogens is 6. The molecule has 0 aliphatic carbocycles. The minimum atomic E-state index is -4.82. The normalized spacial score (nSPS) is 12.5. The van der Waals surface area contributed by atoms with Gasteiger partial charge in [-0.3, -0.25) is 18.7 Å². The Balaban J connectivity index is 0.000000225. The van der Waals surface area contributed by atoms with Crippen LogP contribution in [0.1, 0.15) is 50.9 Å². The number of aromatic nitrogens is 4. The van der Waals surface area contributed by atoms with Gasteiger partial charge < -0.3 is 26.2 Å². The van der Waals surface area contributed by atoms with Gasteiger partial charge in [-0.05, 0) is 67.1 Å². The Morgan fingerprint density at radius 2 is 1.00 bits per heavy atom. The number of nitrogens with zero attached hydrogens (tertiary/aromatic N) is 7. The zero-order chi connectivity index (χ0) is 52.2. The molecule has 1 aliphatic rings. The molecule has 4 aromatic carbocycles. The van der Waals surface area contributed by atoms with Crippen molar-refractivity contribution in [1.29, 1.82) is 5.26 Å². The largest absolute Gasteiger partial charge is 0.417 e. The minimum absolute atomic E-state index is 0.0667. The highest BCUT2D eigenvalue weighted by Gasteiger charge is 2.37. The molecule has 4 aromatic heterocycles. The topological polar surface area (TPSA) is 167 Å². The molecule has 0 radical (unpaired) electrons. The Kier molecular flexibility index (Phi) is 17.1. The number of urea groups is 1. The molecule has 2 amide bonds. The van der Waals surface area contributed by atoms with Gasteiger partial charge >= 0.3 is 18.4 Å². The smallest absolute Gasteiger partial charge is 0.355 e. The maximum atomic E-state index is 14.4. The van der Waals surface area contributed by atoms with E-state index < -0.39 is 56.8 Å². The number of nitrogens with one attached hydrogen (secondary N) is 2. The van der Waals surface area contributed by atoms with Crippen LogP contribution in [0.25, 0.3) is 33.4 Å². The molecule has 0 unspecified atom stereocenters. The SMILES string of the molecule is CC.CC.N#Cc1cc(C(F)(F)F)c2c(=O)cc(Nc3ccccc3)n(-c3ccccc3)c2n1.NC(=O)N1CCCN(c2cc(C(F)(F)F)c3c(=O)cc(Nc4ccccc4)n(-c4ccccc4)c3n2)CC1. The highest BCUT2D eigenvalue weighted by molar-refractivity contribution is 5.87. The van der Waals surface area contributed by atoms with Gasteiger partial charge in [0.1, 0.15) is 29.2 Å². The summed E-state index contributed by atoms with van der Waals surface area (Å²) in [5.74, 6) is 0.561. The summed E-state index contributed by atoms with van der Waals surface area (Å²) >= 11 is 0. The fourth-order valence-corrected chi connectivity index (χ4v) is 7.84. The number of primary amides is 1. The minimum Gasteiger partial charge on any atom is -0.355 e. The van der Waals surface area contributed by atoms with Crippen molar-refractivity contribution < 1.29 is 31.1 Å². The number of amides is 2. The number of fused-ring (bicyclic) bond motifs is 2. The maximum absolute atomic E-state index is 14.4. The number of carbonyl (C=O) groups excluding carboxylic acids is 1. The molecule has 72 heavy (non-hydrogen) atoms. The van der Waals surface area contributed by atoms with Crippen LogP contribution in [0.15, 0.2) is 155 Å². The van der Waals surface area contributed by atoms with Gasteiger partial charge in [0.25, 0.3) is 0 Å². The van der Waals surface area contributed by atoms with Crippen LogP contribution in [0.4, 0.5) is 60.0 Å². The highest BCUT2D eigenvalue weighted by Crippen LogP contribution is 2.38. The summed E-state index contributed by atoms with van der Waals surface area (Å²) in [5, 5.41) is 14.3. The summed E-state index contributed by atoms with van der Waals surface area (Å²) in [4.78, 5) is 49.5. The van der Waals surface area contributed by atoms with Crippen LogP contribution < -0.4 is 32.1 Å². The molecular weight excluding hydrogens is 939 g/mol. The molecule has 0 saturated carbocycles. The van der Waals surface area contributed by atoms with Crippen LogP contribution in [0.5, 0.6) is 0 Å². The van der Waals surface area contributed by atoms with Gasteiger partial charge in [-0.1, -0.05) is 100 Å². The number of pyridine rings is 4. The molecule has 0 atom stereocenters. The molecule has 8 aromatic rings. The number of nitrogens with two attached hydrogens (primary N) is 1. The first kappa shape index (κ1) is 52.7. The fourth-order valence-electron chi connectivity index (χ4n) is 7.84. The molecule has 1 fully saturated rings. The average molecular weight is 989 g/mol. The Morgan fingerprint density at radius 1 is 0.583 bits per heavy atom. The van der Waals surface area contributed by atoms with Crippen molar-refractivity contribution in [2.24, 2.45) is 5.73 Å². The first-order valence-electron chi connectivity index (χ1n) is 22.9. The first-order valence-corrected chi connectivity index (χ1v) is 22.9. The van der Waals surface area contributed by atoms with Crippen LogP contribution >= 0.6 is 0 Å². The number of alkyl halides is 6. The standard InChI is InChI=1S/C27H25F3N6O2.C22H13F3N4O.2C2H6/c28-27(29,30)20-16-22(34-12-7-13-35(15-14-34)26(31)38)33-25-24(20)21(37)17-23(32-18-8-3-1-4-9-18)36(25)19-10-5-2-6-11-19;23-22(24,25)17-11-15(13-26)28-21-20(17)18(30)12-19(27-14-7-3-1-4-8-14)29(21)16-9-5-2-6-10-16;2*1-2/h1-6,8-11,16-17,32H,7,12-15H2,(H2,31,38);1-12,27H;2*1-2H3. The number of carbonyl (C=O) groups is 1. The number of hydrogen-bond acceptors (Lipinski definition) is 9. The summed E-state index contributed by atoms with van der Waals surface area (Å²) in [6.45, 7) is 9.26. The quantitative estimate of drug-likeness (QED) is 0.132. The third-order valence-corrected chi connectivity index (χ3v) is 10.9. The van der Waals surface area contributed by atoms with Crippen LogP contribution in [0.3, 0.4) is 0 Å². The molecular formula is C53H50F6N10O3. The highest BCUT2D eigenvalue weighted by atomic mass is 19.4. The summed E-state index contributed by atoms with van der Waals surface area (Å²) in [7, 11) is 0. The lowest BCUT2D eigenvalue weighted by Crippen LogP contribution is -2.38. The molecule has 1 saturated heterocycles. The monoisotopic (exact) mass is 988 g/mol. The van der Waals surface area contributed by atoms with E-state index in [-0.39, 0.29) is 41.8 Å². The zero-order valence-electron chi connectivity index (χ0n) is 39.6. The van der Waals surface area contributed by atoms with Crippen molar-refractivity contribution in [1.82, 2.24) is 24.0 Å². The first-order chi connectivity index (χ1) is 34.6. The van der Waals surface area contributed by atoms with E-state index in [4.69, 9.17) is 5.73 Å². The van der Waals surface area contributed by atoms with Crippen molar-refractivity contribution in [3.05, 3.63) is 183 Å². The molecule has 19 heteroatoms. The van der Waals surface area contributed by atoms with Crippen molar-refractivity contribution in [3.63, 3.8) is 0 Å². The molecule has 1 aliphatic heterocycles. The second kappa shape index (κ2) is 23.3.